The van der Waals surface area contributed by atoms with E-state index in [4.69, 9.17) is 0 Å². The summed E-state index contributed by atoms with van der Waals surface area (Å²) in [5.74, 6) is 1.87. The Balaban J connectivity index is 1.42. The van der Waals surface area contributed by atoms with Gasteiger partial charge in [0.1, 0.15) is 5.82 Å². The Hall–Kier alpha value is -2.17. The lowest BCUT2D eigenvalue weighted by molar-refractivity contribution is -0.134. The van der Waals surface area contributed by atoms with Crippen molar-refractivity contribution in [1.82, 2.24) is 19.4 Å². The van der Waals surface area contributed by atoms with Crippen molar-refractivity contribution < 1.29 is 4.79 Å². The molecule has 5 nitrogen and oxygen atoms in total. The molecule has 2 aliphatic rings. The molecule has 3 atom stereocenters. The number of piperidine rings is 1. The zero-order valence-electron chi connectivity index (χ0n) is 13.4. The van der Waals surface area contributed by atoms with Gasteiger partial charge in [0.15, 0.2) is 0 Å². The minimum atomic E-state index is 0.154. The second-order valence-corrected chi connectivity index (χ2v) is 6.70. The maximum atomic E-state index is 12.8. The average molecular weight is 310 g/mol. The number of carbonyl (C=O) groups excluding carboxylic acids is 1. The van der Waals surface area contributed by atoms with Gasteiger partial charge in [0.2, 0.25) is 5.91 Å². The van der Waals surface area contributed by atoms with Gasteiger partial charge in [-0.2, -0.15) is 0 Å². The van der Waals surface area contributed by atoms with Crippen LogP contribution in [-0.2, 0) is 4.79 Å². The van der Waals surface area contributed by atoms with E-state index in [0.29, 0.717) is 17.9 Å². The van der Waals surface area contributed by atoms with E-state index >= 15 is 0 Å². The normalized spacial score (nSPS) is 27.0. The second-order valence-electron chi connectivity index (χ2n) is 6.70. The molecule has 1 aliphatic heterocycles. The zero-order valence-corrected chi connectivity index (χ0v) is 13.4. The predicted molar refractivity (Wildman–Crippen MR) is 86.9 cm³/mol. The van der Waals surface area contributed by atoms with E-state index in [1.165, 1.54) is 5.56 Å². The van der Waals surface area contributed by atoms with E-state index in [2.05, 4.69) is 25.5 Å². The topological polar surface area (TPSA) is 51.0 Å². The Morgan fingerprint density at radius 2 is 2.26 bits per heavy atom. The Kier molecular flexibility index (Phi) is 3.63. The Bertz CT molecular complexity index is 696. The maximum Gasteiger partial charge on any atom is 0.226 e. The number of aromatic nitrogens is 3. The van der Waals surface area contributed by atoms with Gasteiger partial charge in [0.05, 0.1) is 6.04 Å². The molecule has 4 rings (SSSR count). The summed E-state index contributed by atoms with van der Waals surface area (Å²) in [5, 5.41) is 0. The van der Waals surface area contributed by atoms with Gasteiger partial charge in [-0.05, 0) is 43.7 Å². The summed E-state index contributed by atoms with van der Waals surface area (Å²) in [6, 6.07) is 4.40. The van der Waals surface area contributed by atoms with E-state index < -0.39 is 0 Å². The van der Waals surface area contributed by atoms with Crippen molar-refractivity contribution in [3.8, 4) is 0 Å². The minimum Gasteiger partial charge on any atom is -0.340 e. The third-order valence-electron chi connectivity index (χ3n) is 5.18. The number of imidazole rings is 1. The number of likely N-dealkylation sites (tertiary alicyclic amines) is 1. The van der Waals surface area contributed by atoms with Crippen LogP contribution >= 0.6 is 0 Å². The van der Waals surface area contributed by atoms with Crippen molar-refractivity contribution >= 4 is 5.91 Å². The number of pyridine rings is 1. The van der Waals surface area contributed by atoms with Gasteiger partial charge >= 0.3 is 0 Å². The van der Waals surface area contributed by atoms with Crippen LogP contribution in [0.3, 0.4) is 0 Å². The predicted octanol–water partition coefficient (Wildman–Crippen LogP) is 2.55. The fourth-order valence-electron chi connectivity index (χ4n) is 3.82. The standard InChI is InChI=1S/C18H22N4O/c1-13-20-7-9-22(13)15-5-3-8-21(12-15)18(23)17-10-16(17)14-4-2-6-19-11-14/h2,4,6-7,9,11,15-17H,3,5,8,10,12H2,1H3. The van der Waals surface area contributed by atoms with Crippen molar-refractivity contribution in [2.75, 3.05) is 13.1 Å². The van der Waals surface area contributed by atoms with Gasteiger partial charge < -0.3 is 9.47 Å². The number of rotatable bonds is 3. The molecule has 0 N–H and O–H groups in total. The van der Waals surface area contributed by atoms with Gasteiger partial charge in [0.25, 0.3) is 0 Å². The Labute approximate surface area is 136 Å². The average Bonchev–Trinajstić information content (AvgIpc) is 3.29. The van der Waals surface area contributed by atoms with Crippen LogP contribution in [0.1, 0.15) is 42.6 Å². The zero-order chi connectivity index (χ0) is 15.8. The highest BCUT2D eigenvalue weighted by Gasteiger charge is 2.46. The van der Waals surface area contributed by atoms with E-state index in [1.54, 1.807) is 6.20 Å². The fraction of sp³-hybridized carbons (Fsp3) is 0.500. The molecule has 0 radical (unpaired) electrons. The molecule has 0 spiro atoms. The molecule has 2 aromatic rings. The summed E-state index contributed by atoms with van der Waals surface area (Å²) in [4.78, 5) is 23.4. The minimum absolute atomic E-state index is 0.154. The van der Waals surface area contributed by atoms with Crippen LogP contribution in [0.2, 0.25) is 0 Å². The highest BCUT2D eigenvalue weighted by molar-refractivity contribution is 5.83. The first-order valence-corrected chi connectivity index (χ1v) is 8.42. The van der Waals surface area contributed by atoms with E-state index in [9.17, 15) is 4.79 Å². The first-order chi connectivity index (χ1) is 11.2. The summed E-state index contributed by atoms with van der Waals surface area (Å²) in [5.41, 5.74) is 1.20. The molecule has 2 fully saturated rings. The lowest BCUT2D eigenvalue weighted by Crippen LogP contribution is -2.41. The quantitative estimate of drug-likeness (QED) is 0.875. The van der Waals surface area contributed by atoms with Crippen LogP contribution < -0.4 is 0 Å². The molecule has 0 aromatic carbocycles. The van der Waals surface area contributed by atoms with Crippen LogP contribution in [0.5, 0.6) is 0 Å². The third kappa shape index (κ3) is 2.76. The van der Waals surface area contributed by atoms with E-state index in [-0.39, 0.29) is 5.92 Å². The summed E-state index contributed by atoms with van der Waals surface area (Å²) in [6.45, 7) is 3.73. The SMILES string of the molecule is Cc1nccn1C1CCCN(C(=O)C2CC2c2cccnc2)C1. The summed E-state index contributed by atoms with van der Waals surface area (Å²) in [7, 11) is 0. The number of amides is 1. The van der Waals surface area contributed by atoms with Crippen molar-refractivity contribution in [3.63, 3.8) is 0 Å². The van der Waals surface area contributed by atoms with Crippen LogP contribution in [0.25, 0.3) is 0 Å². The van der Waals surface area contributed by atoms with Crippen LogP contribution in [0, 0.1) is 12.8 Å². The molecule has 1 saturated carbocycles. The molecular weight excluding hydrogens is 288 g/mol. The number of carbonyl (C=O) groups is 1. The van der Waals surface area contributed by atoms with Gasteiger partial charge in [-0.25, -0.2) is 4.98 Å². The maximum absolute atomic E-state index is 12.8. The second kappa shape index (κ2) is 5.80. The first-order valence-electron chi connectivity index (χ1n) is 8.42. The lowest BCUT2D eigenvalue weighted by Gasteiger charge is -2.34. The highest BCUT2D eigenvalue weighted by Crippen LogP contribution is 2.48. The smallest absolute Gasteiger partial charge is 0.226 e. The van der Waals surface area contributed by atoms with Gasteiger partial charge in [-0.1, -0.05) is 6.07 Å². The summed E-state index contributed by atoms with van der Waals surface area (Å²) in [6.07, 6.45) is 10.7. The van der Waals surface area contributed by atoms with Crippen molar-refractivity contribution in [2.24, 2.45) is 5.92 Å². The number of nitrogens with zero attached hydrogens (tertiary/aromatic N) is 4. The largest absolute Gasteiger partial charge is 0.340 e. The molecule has 1 amide bonds. The lowest BCUT2D eigenvalue weighted by atomic mass is 10.0. The van der Waals surface area contributed by atoms with Gasteiger partial charge in [0, 0.05) is 43.8 Å². The van der Waals surface area contributed by atoms with Gasteiger partial charge in [-0.15, -0.1) is 0 Å². The number of hydrogen-bond donors (Lipinski definition) is 0. The fourth-order valence-corrected chi connectivity index (χ4v) is 3.82. The van der Waals surface area contributed by atoms with Crippen molar-refractivity contribution in [3.05, 3.63) is 48.3 Å². The van der Waals surface area contributed by atoms with Crippen molar-refractivity contribution in [2.45, 2.75) is 38.1 Å². The van der Waals surface area contributed by atoms with Crippen LogP contribution in [0.15, 0.2) is 36.9 Å². The monoisotopic (exact) mass is 310 g/mol. The third-order valence-corrected chi connectivity index (χ3v) is 5.18. The van der Waals surface area contributed by atoms with Crippen LogP contribution in [0.4, 0.5) is 0 Å². The molecule has 3 unspecified atom stereocenters. The summed E-state index contributed by atoms with van der Waals surface area (Å²) < 4.78 is 2.21. The molecule has 1 aliphatic carbocycles. The molecule has 5 heteroatoms. The van der Waals surface area contributed by atoms with Crippen LogP contribution in [-0.4, -0.2) is 38.4 Å². The Morgan fingerprint density at radius 3 is 3.00 bits per heavy atom. The molecular formula is C18H22N4O. The van der Waals surface area contributed by atoms with Gasteiger partial charge in [-0.3, -0.25) is 9.78 Å². The molecule has 120 valence electrons. The number of aryl methyl sites for hydroxylation is 1. The number of hydrogen-bond acceptors (Lipinski definition) is 3. The summed E-state index contributed by atoms with van der Waals surface area (Å²) >= 11 is 0. The van der Waals surface area contributed by atoms with E-state index in [0.717, 1.165) is 38.2 Å². The van der Waals surface area contributed by atoms with Crippen molar-refractivity contribution in [1.29, 1.82) is 0 Å². The first kappa shape index (κ1) is 14.4. The molecule has 23 heavy (non-hydrogen) atoms. The molecule has 2 aromatic heterocycles. The molecule has 3 heterocycles. The highest BCUT2D eigenvalue weighted by atomic mass is 16.2. The molecule has 0 bridgehead atoms. The van der Waals surface area contributed by atoms with E-state index in [1.807, 2.05) is 31.6 Å². The Morgan fingerprint density at radius 1 is 1.35 bits per heavy atom. The molecule has 1 saturated heterocycles.